The zero-order chi connectivity index (χ0) is 19.9. The van der Waals surface area contributed by atoms with Crippen molar-refractivity contribution in [2.24, 2.45) is 0 Å². The van der Waals surface area contributed by atoms with Crippen molar-refractivity contribution in [1.82, 2.24) is 5.32 Å². The zero-order valence-electron chi connectivity index (χ0n) is 15.7. The number of carbonyl (C=O) groups excluding carboxylic acids is 3. The van der Waals surface area contributed by atoms with Crippen LogP contribution in [0.5, 0.6) is 0 Å². The first kappa shape index (κ1) is 20.2. The molecule has 0 heterocycles. The minimum absolute atomic E-state index is 0.0788. The number of amides is 1. The predicted octanol–water partition coefficient (Wildman–Crippen LogP) is 2.97. The molecule has 0 aromatic heterocycles. The molecule has 0 aliphatic carbocycles. The van der Waals surface area contributed by atoms with E-state index in [0.717, 1.165) is 11.1 Å². The number of rotatable bonds is 7. The first-order valence-corrected chi connectivity index (χ1v) is 8.74. The van der Waals surface area contributed by atoms with Crippen molar-refractivity contribution < 1.29 is 23.9 Å². The van der Waals surface area contributed by atoms with Gasteiger partial charge < -0.3 is 14.8 Å². The standard InChI is InChI=1S/C21H23NO5/c1-4-26-19(24)21(3,20(25)27-5-2)22-18(23)17-13-11-16(12-14-17)15-9-7-6-8-10-15/h6-14H,4-5H2,1-3H3,(H,22,23). The van der Waals surface area contributed by atoms with E-state index in [1.54, 1.807) is 38.1 Å². The molecule has 6 heteroatoms. The van der Waals surface area contributed by atoms with Gasteiger partial charge in [0.15, 0.2) is 0 Å². The van der Waals surface area contributed by atoms with Gasteiger partial charge in [-0.05, 0) is 44.0 Å². The summed E-state index contributed by atoms with van der Waals surface area (Å²) < 4.78 is 9.87. The number of hydrogen-bond acceptors (Lipinski definition) is 5. The van der Waals surface area contributed by atoms with Gasteiger partial charge in [0.2, 0.25) is 5.54 Å². The molecule has 27 heavy (non-hydrogen) atoms. The summed E-state index contributed by atoms with van der Waals surface area (Å²) in [4.78, 5) is 37.1. The van der Waals surface area contributed by atoms with Crippen LogP contribution in [0.25, 0.3) is 11.1 Å². The lowest BCUT2D eigenvalue weighted by Crippen LogP contribution is -2.59. The summed E-state index contributed by atoms with van der Waals surface area (Å²) >= 11 is 0. The van der Waals surface area contributed by atoms with E-state index < -0.39 is 23.4 Å². The van der Waals surface area contributed by atoms with Gasteiger partial charge in [-0.25, -0.2) is 9.59 Å². The minimum Gasteiger partial charge on any atom is -0.464 e. The number of carbonyl (C=O) groups is 3. The summed E-state index contributed by atoms with van der Waals surface area (Å²) in [6.45, 7) is 4.67. The van der Waals surface area contributed by atoms with Gasteiger partial charge >= 0.3 is 11.9 Å². The second-order valence-corrected chi connectivity index (χ2v) is 5.96. The topological polar surface area (TPSA) is 81.7 Å². The molecule has 0 unspecified atom stereocenters. The highest BCUT2D eigenvalue weighted by molar-refractivity contribution is 6.09. The van der Waals surface area contributed by atoms with Crippen LogP contribution in [0.1, 0.15) is 31.1 Å². The highest BCUT2D eigenvalue weighted by Gasteiger charge is 2.46. The third-order valence-electron chi connectivity index (χ3n) is 3.99. The van der Waals surface area contributed by atoms with E-state index in [1.807, 2.05) is 30.3 Å². The molecule has 0 bridgehead atoms. The molecule has 0 fully saturated rings. The lowest BCUT2D eigenvalue weighted by Gasteiger charge is -2.26. The maximum atomic E-state index is 12.6. The molecule has 142 valence electrons. The molecule has 0 aliphatic rings. The number of hydrogen-bond donors (Lipinski definition) is 1. The molecule has 2 aromatic rings. The quantitative estimate of drug-likeness (QED) is 0.599. The normalized spacial score (nSPS) is 10.8. The van der Waals surface area contributed by atoms with Gasteiger partial charge in [-0.15, -0.1) is 0 Å². The summed E-state index contributed by atoms with van der Waals surface area (Å²) in [5, 5.41) is 2.45. The van der Waals surface area contributed by atoms with E-state index in [1.165, 1.54) is 6.92 Å². The molecule has 1 N–H and O–H groups in total. The van der Waals surface area contributed by atoms with Crippen LogP contribution < -0.4 is 5.32 Å². The molecule has 0 radical (unpaired) electrons. The van der Waals surface area contributed by atoms with Crippen LogP contribution >= 0.6 is 0 Å². The van der Waals surface area contributed by atoms with Crippen molar-refractivity contribution in [3.8, 4) is 11.1 Å². The molecule has 2 rings (SSSR count). The first-order chi connectivity index (χ1) is 12.9. The van der Waals surface area contributed by atoms with Crippen molar-refractivity contribution in [1.29, 1.82) is 0 Å². The molecular formula is C21H23NO5. The van der Waals surface area contributed by atoms with Crippen LogP contribution in [0.4, 0.5) is 0 Å². The predicted molar refractivity (Wildman–Crippen MR) is 101 cm³/mol. The SMILES string of the molecule is CCOC(=O)C(C)(NC(=O)c1ccc(-c2ccccc2)cc1)C(=O)OCC. The van der Waals surface area contributed by atoms with Gasteiger partial charge in [0, 0.05) is 5.56 Å². The van der Waals surface area contributed by atoms with E-state index in [0.29, 0.717) is 5.56 Å². The van der Waals surface area contributed by atoms with Crippen molar-refractivity contribution in [2.45, 2.75) is 26.3 Å². The van der Waals surface area contributed by atoms with Gasteiger partial charge in [-0.3, -0.25) is 4.79 Å². The maximum absolute atomic E-state index is 12.6. The first-order valence-electron chi connectivity index (χ1n) is 8.74. The average Bonchev–Trinajstić information content (AvgIpc) is 2.69. The van der Waals surface area contributed by atoms with Gasteiger partial charge in [0.25, 0.3) is 5.91 Å². The van der Waals surface area contributed by atoms with Crippen LogP contribution in [0.15, 0.2) is 54.6 Å². The Bertz CT molecular complexity index is 781. The number of esters is 2. The highest BCUT2D eigenvalue weighted by atomic mass is 16.6. The zero-order valence-corrected chi connectivity index (χ0v) is 15.7. The van der Waals surface area contributed by atoms with E-state index in [9.17, 15) is 14.4 Å². The van der Waals surface area contributed by atoms with Gasteiger partial charge in [0.05, 0.1) is 13.2 Å². The van der Waals surface area contributed by atoms with Crippen LogP contribution in [-0.4, -0.2) is 36.6 Å². The molecule has 1 amide bonds. The lowest BCUT2D eigenvalue weighted by molar-refractivity contribution is -0.164. The smallest absolute Gasteiger partial charge is 0.343 e. The Kier molecular flexibility index (Phi) is 6.71. The third kappa shape index (κ3) is 4.73. The fraction of sp³-hybridized carbons (Fsp3) is 0.286. The molecule has 0 saturated carbocycles. The Balaban J connectivity index is 2.21. The van der Waals surface area contributed by atoms with E-state index in [4.69, 9.17) is 9.47 Å². The summed E-state index contributed by atoms with van der Waals surface area (Å²) in [6.07, 6.45) is 0. The monoisotopic (exact) mass is 369 g/mol. The fourth-order valence-electron chi connectivity index (χ4n) is 2.48. The van der Waals surface area contributed by atoms with Crippen molar-refractivity contribution in [2.75, 3.05) is 13.2 Å². The number of benzene rings is 2. The minimum atomic E-state index is -1.92. The highest BCUT2D eigenvalue weighted by Crippen LogP contribution is 2.20. The van der Waals surface area contributed by atoms with Crippen LogP contribution in [0.2, 0.25) is 0 Å². The Labute approximate surface area is 158 Å². The molecule has 0 aliphatic heterocycles. The Morgan fingerprint density at radius 3 is 1.78 bits per heavy atom. The Morgan fingerprint density at radius 2 is 1.30 bits per heavy atom. The number of ether oxygens (including phenoxy) is 2. The third-order valence-corrected chi connectivity index (χ3v) is 3.99. The summed E-state index contributed by atoms with van der Waals surface area (Å²) in [6, 6.07) is 16.6. The summed E-state index contributed by atoms with van der Waals surface area (Å²) in [7, 11) is 0. The van der Waals surface area contributed by atoms with Gasteiger partial charge in [0.1, 0.15) is 0 Å². The van der Waals surface area contributed by atoms with Gasteiger partial charge in [-0.2, -0.15) is 0 Å². The Morgan fingerprint density at radius 1 is 0.815 bits per heavy atom. The van der Waals surface area contributed by atoms with E-state index in [-0.39, 0.29) is 13.2 Å². The van der Waals surface area contributed by atoms with E-state index in [2.05, 4.69) is 5.32 Å². The second kappa shape index (κ2) is 8.98. The molecule has 0 spiro atoms. The average molecular weight is 369 g/mol. The largest absolute Gasteiger partial charge is 0.464 e. The van der Waals surface area contributed by atoms with Crippen LogP contribution in [-0.2, 0) is 19.1 Å². The molecule has 2 aromatic carbocycles. The summed E-state index contributed by atoms with van der Waals surface area (Å²) in [5.74, 6) is -2.30. The molecule has 0 saturated heterocycles. The molecule has 0 atom stereocenters. The van der Waals surface area contributed by atoms with Crippen molar-refractivity contribution in [3.05, 3.63) is 60.2 Å². The molecular weight excluding hydrogens is 346 g/mol. The second-order valence-electron chi connectivity index (χ2n) is 5.96. The van der Waals surface area contributed by atoms with E-state index >= 15 is 0 Å². The van der Waals surface area contributed by atoms with Crippen LogP contribution in [0, 0.1) is 0 Å². The van der Waals surface area contributed by atoms with Crippen molar-refractivity contribution >= 4 is 17.8 Å². The fourth-order valence-corrected chi connectivity index (χ4v) is 2.48. The number of nitrogens with one attached hydrogen (secondary N) is 1. The lowest BCUT2D eigenvalue weighted by atomic mass is 10.0. The van der Waals surface area contributed by atoms with Crippen LogP contribution in [0.3, 0.4) is 0 Å². The van der Waals surface area contributed by atoms with Gasteiger partial charge in [-0.1, -0.05) is 42.5 Å². The van der Waals surface area contributed by atoms with Crippen molar-refractivity contribution in [3.63, 3.8) is 0 Å². The Hall–Kier alpha value is -3.15. The maximum Gasteiger partial charge on any atom is 0.343 e. The summed E-state index contributed by atoms with van der Waals surface area (Å²) in [5.41, 5.74) is 0.369. The molecule has 6 nitrogen and oxygen atoms in total.